The van der Waals surface area contributed by atoms with Crippen molar-refractivity contribution in [3.05, 3.63) is 24.3 Å². The number of methoxy groups -OCH3 is 1. The summed E-state index contributed by atoms with van der Waals surface area (Å²) in [5, 5.41) is 0. The van der Waals surface area contributed by atoms with E-state index in [4.69, 9.17) is 4.74 Å². The molecule has 6 nitrogen and oxygen atoms in total. The van der Waals surface area contributed by atoms with E-state index in [0.717, 1.165) is 57.6 Å². The third-order valence-corrected chi connectivity index (χ3v) is 6.38. The molecule has 1 aliphatic carbocycles. The van der Waals surface area contributed by atoms with Crippen molar-refractivity contribution in [2.45, 2.75) is 50.6 Å². The molecule has 1 saturated carbocycles. The zero-order chi connectivity index (χ0) is 18.8. The van der Waals surface area contributed by atoms with Gasteiger partial charge in [0.1, 0.15) is 5.75 Å². The number of carbonyl (C=O) groups is 2. The van der Waals surface area contributed by atoms with Gasteiger partial charge in [-0.3, -0.25) is 19.4 Å². The van der Waals surface area contributed by atoms with Gasteiger partial charge in [0.25, 0.3) is 0 Å². The van der Waals surface area contributed by atoms with Crippen LogP contribution < -0.4 is 9.64 Å². The second kappa shape index (κ2) is 7.89. The van der Waals surface area contributed by atoms with Crippen molar-refractivity contribution in [1.29, 1.82) is 0 Å². The molecule has 27 heavy (non-hydrogen) atoms. The fourth-order valence-corrected chi connectivity index (χ4v) is 4.90. The van der Waals surface area contributed by atoms with Crippen LogP contribution in [0.25, 0.3) is 0 Å². The van der Waals surface area contributed by atoms with Crippen LogP contribution in [-0.4, -0.2) is 67.0 Å². The van der Waals surface area contributed by atoms with Gasteiger partial charge in [-0.05, 0) is 37.8 Å². The Morgan fingerprint density at radius 1 is 0.852 bits per heavy atom. The smallest absolute Gasteiger partial charge is 0.229 e. The summed E-state index contributed by atoms with van der Waals surface area (Å²) < 4.78 is 5.50. The van der Waals surface area contributed by atoms with Crippen molar-refractivity contribution >= 4 is 17.5 Å². The molecule has 1 aromatic rings. The SMILES string of the molecule is COc1ccccc1N1CCN(C2CCC(N3C(=O)CCC3=O)CC2)CC1. The first kappa shape index (κ1) is 18.3. The molecule has 6 heteroatoms. The summed E-state index contributed by atoms with van der Waals surface area (Å²) in [5.41, 5.74) is 1.18. The van der Waals surface area contributed by atoms with E-state index in [-0.39, 0.29) is 17.9 Å². The summed E-state index contributed by atoms with van der Waals surface area (Å²) in [6.45, 7) is 4.11. The second-order valence-corrected chi connectivity index (χ2v) is 7.81. The van der Waals surface area contributed by atoms with E-state index in [9.17, 15) is 9.59 Å². The van der Waals surface area contributed by atoms with E-state index in [1.165, 1.54) is 5.69 Å². The lowest BCUT2D eigenvalue weighted by molar-refractivity contribution is -0.142. The average Bonchev–Trinajstić information content (AvgIpc) is 3.06. The third-order valence-electron chi connectivity index (χ3n) is 6.38. The van der Waals surface area contributed by atoms with E-state index < -0.39 is 0 Å². The van der Waals surface area contributed by atoms with Gasteiger partial charge in [0.2, 0.25) is 11.8 Å². The lowest BCUT2D eigenvalue weighted by Gasteiger charge is -2.43. The molecule has 0 unspecified atom stereocenters. The molecule has 0 N–H and O–H groups in total. The minimum atomic E-state index is 0.0360. The molecule has 146 valence electrons. The number of carbonyl (C=O) groups excluding carboxylic acids is 2. The molecule has 3 fully saturated rings. The Hall–Kier alpha value is -2.08. The van der Waals surface area contributed by atoms with Crippen molar-refractivity contribution in [2.24, 2.45) is 0 Å². The van der Waals surface area contributed by atoms with E-state index in [1.807, 2.05) is 12.1 Å². The molecule has 4 rings (SSSR count). The second-order valence-electron chi connectivity index (χ2n) is 7.81. The summed E-state index contributed by atoms with van der Waals surface area (Å²) in [5.74, 6) is 1.01. The normalized spacial score (nSPS) is 27.3. The first-order valence-electron chi connectivity index (χ1n) is 10.1. The molecule has 3 aliphatic rings. The molecule has 2 aliphatic heterocycles. The highest BCUT2D eigenvalue weighted by molar-refractivity contribution is 6.02. The van der Waals surface area contributed by atoms with Crippen molar-refractivity contribution in [3.8, 4) is 5.75 Å². The number of benzene rings is 1. The maximum Gasteiger partial charge on any atom is 0.229 e. The van der Waals surface area contributed by atoms with Gasteiger partial charge in [-0.2, -0.15) is 0 Å². The molecule has 0 radical (unpaired) electrons. The molecule has 2 amide bonds. The number of hydrogen-bond donors (Lipinski definition) is 0. The lowest BCUT2D eigenvalue weighted by atomic mass is 9.89. The van der Waals surface area contributed by atoms with E-state index >= 15 is 0 Å². The average molecular weight is 371 g/mol. The van der Waals surface area contributed by atoms with E-state index in [2.05, 4.69) is 21.9 Å². The number of amides is 2. The number of likely N-dealkylation sites (tertiary alicyclic amines) is 1. The zero-order valence-corrected chi connectivity index (χ0v) is 16.1. The Balaban J connectivity index is 1.30. The molecule has 2 heterocycles. The van der Waals surface area contributed by atoms with Crippen LogP contribution in [0.3, 0.4) is 0 Å². The number of ether oxygens (including phenoxy) is 1. The molecule has 1 aromatic carbocycles. The Labute approximate surface area is 161 Å². The van der Waals surface area contributed by atoms with Crippen molar-refractivity contribution in [3.63, 3.8) is 0 Å². The van der Waals surface area contributed by atoms with Gasteiger partial charge >= 0.3 is 0 Å². The van der Waals surface area contributed by atoms with Crippen LogP contribution in [0.15, 0.2) is 24.3 Å². The first-order valence-corrected chi connectivity index (χ1v) is 10.1. The summed E-state index contributed by atoms with van der Waals surface area (Å²) in [4.78, 5) is 30.5. The van der Waals surface area contributed by atoms with E-state index in [1.54, 1.807) is 12.0 Å². The van der Waals surface area contributed by atoms with Crippen LogP contribution in [-0.2, 0) is 9.59 Å². The molecule has 0 atom stereocenters. The summed E-state index contributed by atoms with van der Waals surface area (Å²) in [6, 6.07) is 8.93. The van der Waals surface area contributed by atoms with Crippen LogP contribution in [0.4, 0.5) is 5.69 Å². The number of imide groups is 1. The van der Waals surface area contributed by atoms with Crippen molar-refractivity contribution in [1.82, 2.24) is 9.80 Å². The van der Waals surface area contributed by atoms with Crippen LogP contribution >= 0.6 is 0 Å². The largest absolute Gasteiger partial charge is 0.495 e. The van der Waals surface area contributed by atoms with Crippen LogP contribution in [0.1, 0.15) is 38.5 Å². The van der Waals surface area contributed by atoms with E-state index in [0.29, 0.717) is 18.9 Å². The third kappa shape index (κ3) is 3.68. The topological polar surface area (TPSA) is 53.1 Å². The Kier molecular flexibility index (Phi) is 5.34. The van der Waals surface area contributed by atoms with Gasteiger partial charge in [-0.15, -0.1) is 0 Å². The van der Waals surface area contributed by atoms with Crippen molar-refractivity contribution < 1.29 is 14.3 Å². The summed E-state index contributed by atoms with van der Waals surface area (Å²) in [7, 11) is 1.73. The number of hydrogen-bond acceptors (Lipinski definition) is 5. The molecule has 2 saturated heterocycles. The van der Waals surface area contributed by atoms with Gasteiger partial charge in [0.05, 0.1) is 12.8 Å². The fraction of sp³-hybridized carbons (Fsp3) is 0.619. The monoisotopic (exact) mass is 371 g/mol. The number of para-hydroxylation sites is 2. The molecule has 0 bridgehead atoms. The zero-order valence-electron chi connectivity index (χ0n) is 16.1. The van der Waals surface area contributed by atoms with Crippen LogP contribution in [0, 0.1) is 0 Å². The highest BCUT2D eigenvalue weighted by Crippen LogP contribution is 2.32. The number of nitrogens with zero attached hydrogens (tertiary/aromatic N) is 3. The summed E-state index contributed by atoms with van der Waals surface area (Å²) in [6.07, 6.45) is 4.88. The van der Waals surface area contributed by atoms with Crippen molar-refractivity contribution in [2.75, 3.05) is 38.2 Å². The van der Waals surface area contributed by atoms with Gasteiger partial charge in [0, 0.05) is 51.1 Å². The number of piperazine rings is 1. The maximum atomic E-state index is 12.0. The van der Waals surface area contributed by atoms with Crippen LogP contribution in [0.5, 0.6) is 5.75 Å². The minimum Gasteiger partial charge on any atom is -0.495 e. The minimum absolute atomic E-state index is 0.0360. The Bertz CT molecular complexity index is 676. The Morgan fingerprint density at radius 2 is 1.44 bits per heavy atom. The summed E-state index contributed by atoms with van der Waals surface area (Å²) >= 11 is 0. The predicted molar refractivity (Wildman–Crippen MR) is 104 cm³/mol. The fourth-order valence-electron chi connectivity index (χ4n) is 4.90. The maximum absolute atomic E-state index is 12.0. The number of rotatable bonds is 4. The van der Waals surface area contributed by atoms with Crippen LogP contribution in [0.2, 0.25) is 0 Å². The highest BCUT2D eigenvalue weighted by Gasteiger charge is 2.38. The quantitative estimate of drug-likeness (QED) is 0.760. The van der Waals surface area contributed by atoms with Gasteiger partial charge in [0.15, 0.2) is 0 Å². The predicted octanol–water partition coefficient (Wildman–Crippen LogP) is 2.28. The van der Waals surface area contributed by atoms with Gasteiger partial charge < -0.3 is 9.64 Å². The Morgan fingerprint density at radius 3 is 2.07 bits per heavy atom. The molecular weight excluding hydrogens is 342 g/mol. The van der Waals surface area contributed by atoms with Gasteiger partial charge in [-0.25, -0.2) is 0 Å². The molecular formula is C21H29N3O3. The number of anilines is 1. The first-order chi connectivity index (χ1) is 13.2. The van der Waals surface area contributed by atoms with Gasteiger partial charge in [-0.1, -0.05) is 12.1 Å². The standard InChI is InChI=1S/C21H29N3O3/c1-27-19-5-3-2-4-18(19)23-14-12-22(13-15-23)16-6-8-17(9-7-16)24-20(25)10-11-21(24)26/h2-5,16-17H,6-15H2,1H3. The lowest BCUT2D eigenvalue weighted by Crippen LogP contribution is -2.52. The molecule has 0 spiro atoms. The molecule has 0 aromatic heterocycles. The highest BCUT2D eigenvalue weighted by atomic mass is 16.5.